The van der Waals surface area contributed by atoms with Gasteiger partial charge in [0.1, 0.15) is 0 Å². The normalized spacial score (nSPS) is 30.0. The van der Waals surface area contributed by atoms with Crippen LogP contribution in [-0.4, -0.2) is 0 Å². The van der Waals surface area contributed by atoms with Crippen molar-refractivity contribution in [2.45, 2.75) is 65.7 Å². The zero-order valence-electron chi connectivity index (χ0n) is 15.4. The minimum atomic E-state index is 0.268. The molecule has 3 aliphatic rings. The van der Waals surface area contributed by atoms with Gasteiger partial charge < -0.3 is 0 Å². The quantitative estimate of drug-likeness (QED) is 0.544. The van der Waals surface area contributed by atoms with Crippen molar-refractivity contribution in [2.24, 2.45) is 17.3 Å². The zero-order chi connectivity index (χ0) is 16.4. The van der Waals surface area contributed by atoms with E-state index >= 15 is 0 Å². The average Bonchev–Trinajstić information content (AvgIpc) is 2.52. The first-order chi connectivity index (χ1) is 10.8. The largest absolute Gasteiger partial charge is 0.0839 e. The second-order valence-electron chi connectivity index (χ2n) is 9.25. The van der Waals surface area contributed by atoms with Crippen molar-refractivity contribution in [1.29, 1.82) is 0 Å². The molecule has 2 unspecified atom stereocenters. The van der Waals surface area contributed by atoms with Gasteiger partial charge in [-0.2, -0.15) is 0 Å². The maximum absolute atomic E-state index is 2.47. The van der Waals surface area contributed by atoms with Crippen molar-refractivity contribution >= 4 is 5.57 Å². The van der Waals surface area contributed by atoms with Gasteiger partial charge in [-0.15, -0.1) is 0 Å². The molecule has 0 radical (unpaired) electrons. The molecule has 1 aromatic rings. The number of fused-ring (bicyclic) bond motifs is 5. The van der Waals surface area contributed by atoms with Gasteiger partial charge in [-0.1, -0.05) is 65.0 Å². The van der Waals surface area contributed by atoms with Crippen LogP contribution in [0, 0.1) is 17.3 Å². The highest BCUT2D eigenvalue weighted by Gasteiger charge is 2.45. The standard InChI is InChI=1S/C23H30/c1-15-22(2,3)14-20-19-11-10-16-8-6-7-9-17(16)18(19)12-13-21(20)23(15,4)5/h6-7,9,12-13,15-16H,8,10-11,14H2,1-5H3. The van der Waals surface area contributed by atoms with Crippen LogP contribution >= 0.6 is 0 Å². The summed E-state index contributed by atoms with van der Waals surface area (Å²) < 4.78 is 0. The summed E-state index contributed by atoms with van der Waals surface area (Å²) >= 11 is 0. The Morgan fingerprint density at radius 3 is 2.61 bits per heavy atom. The maximum Gasteiger partial charge on any atom is -0.00699 e. The minimum absolute atomic E-state index is 0.268. The van der Waals surface area contributed by atoms with E-state index in [1.807, 2.05) is 0 Å². The Labute approximate surface area is 141 Å². The molecule has 0 saturated carbocycles. The number of rotatable bonds is 0. The van der Waals surface area contributed by atoms with E-state index in [-0.39, 0.29) is 5.41 Å². The van der Waals surface area contributed by atoms with Crippen LogP contribution in [0.15, 0.2) is 30.4 Å². The predicted molar refractivity (Wildman–Crippen MR) is 99.7 cm³/mol. The van der Waals surface area contributed by atoms with E-state index in [0.717, 1.165) is 5.92 Å². The molecule has 0 spiro atoms. The summed E-state index contributed by atoms with van der Waals surface area (Å²) in [5.41, 5.74) is 8.79. The second kappa shape index (κ2) is 4.85. The van der Waals surface area contributed by atoms with Gasteiger partial charge >= 0.3 is 0 Å². The molecule has 0 saturated heterocycles. The molecule has 3 aliphatic carbocycles. The maximum atomic E-state index is 2.47. The van der Waals surface area contributed by atoms with Gasteiger partial charge in [0.2, 0.25) is 0 Å². The van der Waals surface area contributed by atoms with Gasteiger partial charge in [-0.05, 0) is 76.2 Å². The molecule has 122 valence electrons. The van der Waals surface area contributed by atoms with E-state index in [9.17, 15) is 0 Å². The Kier molecular flexibility index (Phi) is 3.21. The van der Waals surface area contributed by atoms with Crippen molar-refractivity contribution in [3.05, 3.63) is 52.6 Å². The highest BCUT2D eigenvalue weighted by molar-refractivity contribution is 5.76. The fourth-order valence-corrected chi connectivity index (χ4v) is 5.45. The molecule has 4 rings (SSSR count). The van der Waals surface area contributed by atoms with Gasteiger partial charge in [-0.3, -0.25) is 0 Å². The van der Waals surface area contributed by atoms with E-state index < -0.39 is 0 Å². The summed E-state index contributed by atoms with van der Waals surface area (Å²) in [5, 5.41) is 0. The molecule has 0 aliphatic heterocycles. The molecule has 0 fully saturated rings. The number of hydrogen-bond donors (Lipinski definition) is 0. The fourth-order valence-electron chi connectivity index (χ4n) is 5.45. The minimum Gasteiger partial charge on any atom is -0.0839 e. The molecular formula is C23H30. The fraction of sp³-hybridized carbons (Fsp3) is 0.565. The highest BCUT2D eigenvalue weighted by atomic mass is 14.5. The second-order valence-corrected chi connectivity index (χ2v) is 9.25. The number of allylic oxidation sites excluding steroid dienone is 4. The lowest BCUT2D eigenvalue weighted by molar-refractivity contribution is 0.125. The third-order valence-electron chi connectivity index (χ3n) is 7.34. The third kappa shape index (κ3) is 2.10. The summed E-state index contributed by atoms with van der Waals surface area (Å²) in [5.74, 6) is 1.46. The van der Waals surface area contributed by atoms with Crippen molar-refractivity contribution in [3.8, 4) is 0 Å². The molecule has 0 heteroatoms. The predicted octanol–water partition coefficient (Wildman–Crippen LogP) is 6.09. The average molecular weight is 306 g/mol. The topological polar surface area (TPSA) is 0 Å². The molecule has 2 atom stereocenters. The van der Waals surface area contributed by atoms with E-state index in [1.54, 1.807) is 27.8 Å². The first kappa shape index (κ1) is 15.2. The van der Waals surface area contributed by atoms with Crippen LogP contribution in [-0.2, 0) is 18.3 Å². The summed E-state index contributed by atoms with van der Waals surface area (Å²) in [6, 6.07) is 4.90. The molecule has 1 aromatic carbocycles. The van der Waals surface area contributed by atoms with Crippen LogP contribution in [0.2, 0.25) is 0 Å². The van der Waals surface area contributed by atoms with Gasteiger partial charge in [0.05, 0.1) is 0 Å². The van der Waals surface area contributed by atoms with Crippen molar-refractivity contribution in [1.82, 2.24) is 0 Å². The molecule has 0 N–H and O–H groups in total. The number of benzene rings is 1. The van der Waals surface area contributed by atoms with Gasteiger partial charge in [0.15, 0.2) is 0 Å². The zero-order valence-corrected chi connectivity index (χ0v) is 15.4. The lowest BCUT2D eigenvalue weighted by atomic mass is 9.54. The van der Waals surface area contributed by atoms with Crippen LogP contribution in [0.5, 0.6) is 0 Å². The van der Waals surface area contributed by atoms with Crippen LogP contribution in [0.25, 0.3) is 5.57 Å². The molecular weight excluding hydrogens is 276 g/mol. The van der Waals surface area contributed by atoms with Crippen LogP contribution < -0.4 is 0 Å². The Bertz CT molecular complexity index is 712. The molecule has 0 nitrogen and oxygen atoms in total. The lowest BCUT2D eigenvalue weighted by Crippen LogP contribution is -2.44. The van der Waals surface area contributed by atoms with E-state index in [2.05, 4.69) is 65.0 Å². The monoisotopic (exact) mass is 306 g/mol. The van der Waals surface area contributed by atoms with Crippen LogP contribution in [0.1, 0.15) is 69.7 Å². The molecule has 23 heavy (non-hydrogen) atoms. The molecule has 0 heterocycles. The van der Waals surface area contributed by atoms with Gasteiger partial charge in [-0.25, -0.2) is 0 Å². The lowest BCUT2D eigenvalue weighted by Gasteiger charge is -2.50. The Morgan fingerprint density at radius 1 is 1.04 bits per heavy atom. The highest BCUT2D eigenvalue weighted by Crippen LogP contribution is 2.53. The van der Waals surface area contributed by atoms with E-state index in [4.69, 9.17) is 0 Å². The Balaban J connectivity index is 1.92. The van der Waals surface area contributed by atoms with Gasteiger partial charge in [0, 0.05) is 0 Å². The Morgan fingerprint density at radius 2 is 1.83 bits per heavy atom. The van der Waals surface area contributed by atoms with Crippen LogP contribution in [0.4, 0.5) is 0 Å². The van der Waals surface area contributed by atoms with E-state index in [0.29, 0.717) is 11.3 Å². The summed E-state index contributed by atoms with van der Waals surface area (Å²) in [6.07, 6.45) is 12.0. The number of hydrogen-bond acceptors (Lipinski definition) is 0. The van der Waals surface area contributed by atoms with Crippen molar-refractivity contribution in [2.75, 3.05) is 0 Å². The molecule has 0 amide bonds. The summed E-state index contributed by atoms with van der Waals surface area (Å²) in [7, 11) is 0. The smallest absolute Gasteiger partial charge is 0.00699 e. The van der Waals surface area contributed by atoms with Crippen molar-refractivity contribution < 1.29 is 0 Å². The SMILES string of the molecule is CC1C(C)(C)Cc2c(ccc3c2CCC2CC=CC=C32)C1(C)C. The Hall–Kier alpha value is -1.30. The third-order valence-corrected chi connectivity index (χ3v) is 7.34. The molecule has 0 bridgehead atoms. The molecule has 0 aromatic heterocycles. The summed E-state index contributed by atoms with van der Waals surface area (Å²) in [6.45, 7) is 12.3. The first-order valence-corrected chi connectivity index (χ1v) is 9.34. The van der Waals surface area contributed by atoms with E-state index in [1.165, 1.54) is 25.7 Å². The van der Waals surface area contributed by atoms with Crippen molar-refractivity contribution in [3.63, 3.8) is 0 Å². The van der Waals surface area contributed by atoms with Gasteiger partial charge in [0.25, 0.3) is 0 Å². The first-order valence-electron chi connectivity index (χ1n) is 9.34. The van der Waals surface area contributed by atoms with Crippen LogP contribution in [0.3, 0.4) is 0 Å². The summed E-state index contributed by atoms with van der Waals surface area (Å²) in [4.78, 5) is 0.